The predicted octanol–water partition coefficient (Wildman–Crippen LogP) is 3.91. The van der Waals surface area contributed by atoms with Crippen molar-refractivity contribution in [1.82, 2.24) is 0 Å². The van der Waals surface area contributed by atoms with E-state index in [4.69, 9.17) is 5.73 Å². The standard InChI is InChI=1S/C19H28N2/c20-11-10-16-13-21(19-7-2-1-6-18(16)19)17-5-3-4-15(12-17)14-8-9-14/h1-2,6-7,14-17H,3-5,8-13,20H2. The Bertz CT molecular complexity index is 494. The smallest absolute Gasteiger partial charge is 0.0405 e. The van der Waals surface area contributed by atoms with Crippen molar-refractivity contribution in [1.29, 1.82) is 0 Å². The van der Waals surface area contributed by atoms with Gasteiger partial charge in [-0.25, -0.2) is 0 Å². The molecule has 2 saturated carbocycles. The van der Waals surface area contributed by atoms with Crippen LogP contribution < -0.4 is 10.6 Å². The number of hydrogen-bond acceptors (Lipinski definition) is 2. The maximum absolute atomic E-state index is 5.84. The first kappa shape index (κ1) is 13.6. The van der Waals surface area contributed by atoms with E-state index < -0.39 is 0 Å². The maximum atomic E-state index is 5.84. The van der Waals surface area contributed by atoms with Crippen LogP contribution in [0.5, 0.6) is 0 Å². The Labute approximate surface area is 128 Å². The van der Waals surface area contributed by atoms with Crippen molar-refractivity contribution in [3.8, 4) is 0 Å². The fourth-order valence-corrected chi connectivity index (χ4v) is 4.80. The molecule has 3 atom stereocenters. The zero-order valence-corrected chi connectivity index (χ0v) is 13.0. The third kappa shape index (κ3) is 2.59. The van der Waals surface area contributed by atoms with Gasteiger partial charge in [-0.05, 0) is 62.1 Å². The summed E-state index contributed by atoms with van der Waals surface area (Å²) in [7, 11) is 0. The van der Waals surface area contributed by atoms with Gasteiger partial charge in [0.25, 0.3) is 0 Å². The molecular weight excluding hydrogens is 256 g/mol. The van der Waals surface area contributed by atoms with Crippen LogP contribution in [-0.2, 0) is 0 Å². The highest BCUT2D eigenvalue weighted by Crippen LogP contribution is 2.47. The molecule has 1 aromatic rings. The number of rotatable bonds is 4. The summed E-state index contributed by atoms with van der Waals surface area (Å²) >= 11 is 0. The lowest BCUT2D eigenvalue weighted by atomic mass is 9.82. The molecule has 0 spiro atoms. The summed E-state index contributed by atoms with van der Waals surface area (Å²) in [4.78, 5) is 2.74. The van der Waals surface area contributed by atoms with Gasteiger partial charge in [-0.2, -0.15) is 0 Å². The van der Waals surface area contributed by atoms with Gasteiger partial charge < -0.3 is 10.6 Å². The van der Waals surface area contributed by atoms with Crippen LogP contribution in [0.4, 0.5) is 5.69 Å². The Kier molecular flexibility index (Phi) is 3.66. The normalized spacial score (nSPS) is 32.2. The summed E-state index contributed by atoms with van der Waals surface area (Å²) in [5, 5.41) is 0. The second-order valence-electron chi connectivity index (χ2n) is 7.40. The van der Waals surface area contributed by atoms with Gasteiger partial charge in [0.05, 0.1) is 0 Å². The van der Waals surface area contributed by atoms with E-state index in [0.717, 1.165) is 30.8 Å². The van der Waals surface area contributed by atoms with Crippen LogP contribution in [0, 0.1) is 11.8 Å². The Balaban J connectivity index is 1.54. The second kappa shape index (κ2) is 5.64. The predicted molar refractivity (Wildman–Crippen MR) is 88.7 cm³/mol. The molecule has 3 unspecified atom stereocenters. The van der Waals surface area contributed by atoms with E-state index in [1.807, 2.05) is 0 Å². The van der Waals surface area contributed by atoms with Gasteiger partial charge in [-0.15, -0.1) is 0 Å². The van der Waals surface area contributed by atoms with E-state index in [0.29, 0.717) is 5.92 Å². The number of nitrogens with two attached hydrogens (primary N) is 1. The summed E-state index contributed by atoms with van der Waals surface area (Å²) in [5.74, 6) is 2.75. The minimum absolute atomic E-state index is 0.660. The molecule has 1 heterocycles. The van der Waals surface area contributed by atoms with Crippen LogP contribution >= 0.6 is 0 Å². The lowest BCUT2D eigenvalue weighted by Gasteiger charge is -2.37. The number of anilines is 1. The Hall–Kier alpha value is -1.02. The van der Waals surface area contributed by atoms with Gasteiger partial charge in [-0.1, -0.05) is 31.0 Å². The average molecular weight is 284 g/mol. The van der Waals surface area contributed by atoms with Crippen molar-refractivity contribution in [3.05, 3.63) is 29.8 Å². The number of nitrogens with zero attached hydrogens (tertiary/aromatic N) is 1. The van der Waals surface area contributed by atoms with Gasteiger partial charge >= 0.3 is 0 Å². The molecule has 2 N–H and O–H groups in total. The van der Waals surface area contributed by atoms with Crippen LogP contribution in [0.3, 0.4) is 0 Å². The number of hydrogen-bond donors (Lipinski definition) is 1. The van der Waals surface area contributed by atoms with Crippen LogP contribution in [0.25, 0.3) is 0 Å². The molecule has 114 valence electrons. The van der Waals surface area contributed by atoms with Crippen LogP contribution in [0.1, 0.15) is 56.4 Å². The zero-order chi connectivity index (χ0) is 14.2. The minimum Gasteiger partial charge on any atom is -0.368 e. The molecule has 0 bridgehead atoms. The van der Waals surface area contributed by atoms with Crippen LogP contribution in [-0.4, -0.2) is 19.1 Å². The SMILES string of the molecule is NCCC1CN(C2CCCC(C3CC3)C2)c2ccccc21. The molecule has 21 heavy (non-hydrogen) atoms. The van der Waals surface area contributed by atoms with Gasteiger partial charge in [0, 0.05) is 24.2 Å². The van der Waals surface area contributed by atoms with Gasteiger partial charge in [0.2, 0.25) is 0 Å². The van der Waals surface area contributed by atoms with Crippen molar-refractivity contribution >= 4 is 5.69 Å². The third-order valence-electron chi connectivity index (χ3n) is 6.03. The fourth-order valence-electron chi connectivity index (χ4n) is 4.80. The molecule has 2 heteroatoms. The van der Waals surface area contributed by atoms with E-state index in [2.05, 4.69) is 29.2 Å². The first-order valence-corrected chi connectivity index (χ1v) is 8.92. The number of benzene rings is 1. The molecule has 2 nitrogen and oxygen atoms in total. The fraction of sp³-hybridized carbons (Fsp3) is 0.684. The van der Waals surface area contributed by atoms with Crippen molar-refractivity contribution < 1.29 is 0 Å². The Morgan fingerprint density at radius 2 is 1.90 bits per heavy atom. The zero-order valence-electron chi connectivity index (χ0n) is 13.0. The molecule has 0 aromatic heterocycles. The average Bonchev–Trinajstić information content (AvgIpc) is 3.32. The molecule has 4 rings (SSSR count). The lowest BCUT2D eigenvalue weighted by Crippen LogP contribution is -2.38. The second-order valence-corrected chi connectivity index (χ2v) is 7.40. The number of fused-ring (bicyclic) bond motifs is 1. The Morgan fingerprint density at radius 3 is 2.71 bits per heavy atom. The van der Waals surface area contributed by atoms with E-state index in [-0.39, 0.29) is 0 Å². The molecule has 3 aliphatic rings. The molecular formula is C19H28N2. The van der Waals surface area contributed by atoms with E-state index in [9.17, 15) is 0 Å². The largest absolute Gasteiger partial charge is 0.368 e. The molecule has 0 amide bonds. The molecule has 0 saturated heterocycles. The van der Waals surface area contributed by atoms with Gasteiger partial charge in [0.1, 0.15) is 0 Å². The van der Waals surface area contributed by atoms with Gasteiger partial charge in [-0.3, -0.25) is 0 Å². The molecule has 2 fully saturated rings. The first-order chi connectivity index (χ1) is 10.4. The van der Waals surface area contributed by atoms with Gasteiger partial charge in [0.15, 0.2) is 0 Å². The summed E-state index contributed by atoms with van der Waals surface area (Å²) < 4.78 is 0. The van der Waals surface area contributed by atoms with Crippen molar-refractivity contribution in [3.63, 3.8) is 0 Å². The number of para-hydroxylation sites is 1. The topological polar surface area (TPSA) is 29.3 Å². The highest BCUT2D eigenvalue weighted by Gasteiger charge is 2.39. The summed E-state index contributed by atoms with van der Waals surface area (Å²) in [5.41, 5.74) is 8.90. The van der Waals surface area contributed by atoms with Crippen LogP contribution in [0.2, 0.25) is 0 Å². The third-order valence-corrected chi connectivity index (χ3v) is 6.03. The molecule has 1 aliphatic heterocycles. The first-order valence-electron chi connectivity index (χ1n) is 8.92. The summed E-state index contributed by atoms with van der Waals surface area (Å²) in [6, 6.07) is 9.86. The Morgan fingerprint density at radius 1 is 1.05 bits per heavy atom. The van der Waals surface area contributed by atoms with Crippen molar-refractivity contribution in [2.45, 2.75) is 56.9 Å². The van der Waals surface area contributed by atoms with Crippen molar-refractivity contribution in [2.75, 3.05) is 18.0 Å². The van der Waals surface area contributed by atoms with Crippen LogP contribution in [0.15, 0.2) is 24.3 Å². The molecule has 1 aromatic carbocycles. The molecule has 0 radical (unpaired) electrons. The quantitative estimate of drug-likeness (QED) is 0.908. The monoisotopic (exact) mass is 284 g/mol. The van der Waals surface area contributed by atoms with Crippen molar-refractivity contribution in [2.24, 2.45) is 17.6 Å². The summed E-state index contributed by atoms with van der Waals surface area (Å²) in [6.45, 7) is 2.01. The van der Waals surface area contributed by atoms with E-state index >= 15 is 0 Å². The molecule has 2 aliphatic carbocycles. The minimum atomic E-state index is 0.660. The maximum Gasteiger partial charge on any atom is 0.0405 e. The highest BCUT2D eigenvalue weighted by atomic mass is 15.2. The summed E-state index contributed by atoms with van der Waals surface area (Å²) in [6.07, 6.45) is 9.90. The van der Waals surface area contributed by atoms with E-state index in [1.54, 1.807) is 5.56 Å². The highest BCUT2D eigenvalue weighted by molar-refractivity contribution is 5.61. The lowest BCUT2D eigenvalue weighted by molar-refractivity contribution is 0.282. The van der Waals surface area contributed by atoms with E-state index in [1.165, 1.54) is 50.8 Å².